The molecule has 2 aromatic rings. The highest BCUT2D eigenvalue weighted by atomic mass is 16.3. The van der Waals surface area contributed by atoms with Gasteiger partial charge in [-0.3, -0.25) is 10.00 Å². The van der Waals surface area contributed by atoms with Crippen molar-refractivity contribution < 1.29 is 9.52 Å². The van der Waals surface area contributed by atoms with Crippen LogP contribution in [0.1, 0.15) is 17.7 Å². The molecule has 0 amide bonds. The number of aromatic nitrogens is 2. The third kappa shape index (κ3) is 2.19. The Morgan fingerprint density at radius 1 is 1.56 bits per heavy atom. The smallest absolute Gasteiger partial charge is 0.152 e. The zero-order chi connectivity index (χ0) is 12.5. The molecule has 3 rings (SSSR count). The van der Waals surface area contributed by atoms with Gasteiger partial charge in [-0.25, -0.2) is 0 Å². The van der Waals surface area contributed by atoms with Crippen molar-refractivity contribution in [1.29, 1.82) is 0 Å². The summed E-state index contributed by atoms with van der Waals surface area (Å²) in [6, 6.07) is 3.89. The Labute approximate surface area is 105 Å². The number of aryl methyl sites for hydroxylation is 1. The molecule has 0 bridgehead atoms. The summed E-state index contributed by atoms with van der Waals surface area (Å²) in [7, 11) is 0. The predicted molar refractivity (Wildman–Crippen MR) is 66.9 cm³/mol. The summed E-state index contributed by atoms with van der Waals surface area (Å²) >= 11 is 0. The molecule has 0 aromatic carbocycles. The number of hydrogen-bond donors (Lipinski definition) is 2. The number of aliphatic hydroxyl groups is 1. The van der Waals surface area contributed by atoms with Crippen molar-refractivity contribution in [2.75, 3.05) is 13.1 Å². The Bertz CT molecular complexity index is 532. The maximum Gasteiger partial charge on any atom is 0.152 e. The van der Waals surface area contributed by atoms with Crippen molar-refractivity contribution in [3.05, 3.63) is 29.7 Å². The molecule has 0 aliphatic carbocycles. The molecule has 3 heterocycles. The number of likely N-dealkylation sites (tertiary alicyclic amines) is 1. The van der Waals surface area contributed by atoms with Crippen molar-refractivity contribution >= 4 is 0 Å². The zero-order valence-electron chi connectivity index (χ0n) is 10.4. The first-order chi connectivity index (χ1) is 8.72. The fourth-order valence-electron chi connectivity index (χ4n) is 2.41. The highest BCUT2D eigenvalue weighted by Crippen LogP contribution is 2.25. The molecule has 18 heavy (non-hydrogen) atoms. The number of nitrogens with one attached hydrogen (secondary N) is 1. The topological polar surface area (TPSA) is 65.3 Å². The number of rotatable bonds is 3. The number of aromatic amines is 1. The van der Waals surface area contributed by atoms with Crippen LogP contribution >= 0.6 is 0 Å². The molecule has 0 radical (unpaired) electrons. The molecule has 96 valence electrons. The Morgan fingerprint density at radius 2 is 2.44 bits per heavy atom. The van der Waals surface area contributed by atoms with E-state index in [0.29, 0.717) is 0 Å². The Kier molecular flexibility index (Phi) is 2.93. The van der Waals surface area contributed by atoms with Gasteiger partial charge in [-0.05, 0) is 25.5 Å². The summed E-state index contributed by atoms with van der Waals surface area (Å²) in [5.74, 6) is 1.71. The first kappa shape index (κ1) is 11.5. The average Bonchev–Trinajstić information content (AvgIpc) is 3.01. The molecule has 0 spiro atoms. The molecule has 5 nitrogen and oxygen atoms in total. The monoisotopic (exact) mass is 247 g/mol. The van der Waals surface area contributed by atoms with Gasteiger partial charge in [-0.2, -0.15) is 5.10 Å². The Balaban J connectivity index is 1.79. The molecule has 2 N–H and O–H groups in total. The average molecular weight is 247 g/mol. The molecular weight excluding hydrogens is 230 g/mol. The number of H-pyrrole nitrogens is 1. The van der Waals surface area contributed by atoms with Gasteiger partial charge in [0, 0.05) is 25.2 Å². The summed E-state index contributed by atoms with van der Waals surface area (Å²) in [6.45, 7) is 4.39. The van der Waals surface area contributed by atoms with E-state index in [1.165, 1.54) is 0 Å². The summed E-state index contributed by atoms with van der Waals surface area (Å²) < 4.78 is 5.61. The van der Waals surface area contributed by atoms with Crippen molar-refractivity contribution in [3.8, 4) is 11.5 Å². The van der Waals surface area contributed by atoms with Gasteiger partial charge in [0.15, 0.2) is 5.76 Å². The molecule has 0 unspecified atom stereocenters. The van der Waals surface area contributed by atoms with E-state index in [9.17, 15) is 5.11 Å². The van der Waals surface area contributed by atoms with Crippen molar-refractivity contribution in [1.82, 2.24) is 15.1 Å². The van der Waals surface area contributed by atoms with Crippen LogP contribution in [0.5, 0.6) is 0 Å². The van der Waals surface area contributed by atoms with Crippen LogP contribution in [0.3, 0.4) is 0 Å². The van der Waals surface area contributed by atoms with Crippen LogP contribution in [0.25, 0.3) is 11.5 Å². The fraction of sp³-hybridized carbons (Fsp3) is 0.462. The number of nitrogens with zero attached hydrogens (tertiary/aromatic N) is 2. The van der Waals surface area contributed by atoms with Crippen molar-refractivity contribution in [2.24, 2.45) is 0 Å². The lowest BCUT2D eigenvalue weighted by Crippen LogP contribution is -2.21. The quantitative estimate of drug-likeness (QED) is 0.863. The molecule has 1 aliphatic heterocycles. The number of β-amino-alcohol motifs (C(OH)–C–C–N with tert-alkyl or cyclic N) is 1. The zero-order valence-corrected chi connectivity index (χ0v) is 10.4. The van der Waals surface area contributed by atoms with Crippen LogP contribution in [-0.4, -0.2) is 39.4 Å². The van der Waals surface area contributed by atoms with E-state index >= 15 is 0 Å². The number of aliphatic hydroxyl groups excluding tert-OH is 1. The third-order valence-electron chi connectivity index (χ3n) is 3.35. The maximum absolute atomic E-state index is 9.53. The van der Waals surface area contributed by atoms with Gasteiger partial charge in [0.1, 0.15) is 11.5 Å². The Hall–Kier alpha value is -1.59. The van der Waals surface area contributed by atoms with Gasteiger partial charge in [0.05, 0.1) is 12.3 Å². The van der Waals surface area contributed by atoms with Gasteiger partial charge in [-0.15, -0.1) is 0 Å². The molecule has 1 atom stereocenters. The molecule has 2 aromatic heterocycles. The van der Waals surface area contributed by atoms with Gasteiger partial charge < -0.3 is 9.52 Å². The fourth-order valence-corrected chi connectivity index (χ4v) is 2.41. The molecule has 1 fully saturated rings. The van der Waals surface area contributed by atoms with E-state index in [0.717, 1.165) is 48.8 Å². The highest BCUT2D eigenvalue weighted by molar-refractivity contribution is 5.56. The second-order valence-corrected chi connectivity index (χ2v) is 4.86. The van der Waals surface area contributed by atoms with E-state index < -0.39 is 0 Å². The maximum atomic E-state index is 9.53. The van der Waals surface area contributed by atoms with E-state index in [4.69, 9.17) is 4.42 Å². The lowest BCUT2D eigenvalue weighted by atomic mass is 10.2. The minimum absolute atomic E-state index is 0.189. The number of hydrogen-bond acceptors (Lipinski definition) is 4. The van der Waals surface area contributed by atoms with Crippen LogP contribution in [0.15, 0.2) is 22.7 Å². The van der Waals surface area contributed by atoms with Gasteiger partial charge in [0.25, 0.3) is 0 Å². The summed E-state index contributed by atoms with van der Waals surface area (Å²) in [5.41, 5.74) is 2.04. The predicted octanol–water partition coefficient (Wildman–Crippen LogP) is 1.54. The third-order valence-corrected chi connectivity index (χ3v) is 3.35. The van der Waals surface area contributed by atoms with Gasteiger partial charge in [-0.1, -0.05) is 0 Å². The SMILES string of the molecule is Cc1ccc(-c2[nH]ncc2CN2CC[C@@H](O)C2)o1. The van der Waals surface area contributed by atoms with Crippen LogP contribution in [0, 0.1) is 6.92 Å². The molecular formula is C13H17N3O2. The van der Waals surface area contributed by atoms with Gasteiger partial charge in [0.2, 0.25) is 0 Å². The largest absolute Gasteiger partial charge is 0.460 e. The van der Waals surface area contributed by atoms with E-state index in [2.05, 4.69) is 15.1 Å². The molecule has 0 saturated carbocycles. The minimum atomic E-state index is -0.189. The lowest BCUT2D eigenvalue weighted by molar-refractivity contribution is 0.175. The molecule has 1 saturated heterocycles. The van der Waals surface area contributed by atoms with Crippen molar-refractivity contribution in [2.45, 2.75) is 26.0 Å². The van der Waals surface area contributed by atoms with Crippen molar-refractivity contribution in [3.63, 3.8) is 0 Å². The summed E-state index contributed by atoms with van der Waals surface area (Å²) in [5, 5.41) is 16.6. The number of furan rings is 1. The van der Waals surface area contributed by atoms with Crippen LogP contribution in [-0.2, 0) is 6.54 Å². The lowest BCUT2D eigenvalue weighted by Gasteiger charge is -2.14. The summed E-state index contributed by atoms with van der Waals surface area (Å²) in [6.07, 6.45) is 2.50. The molecule has 1 aliphatic rings. The van der Waals surface area contributed by atoms with E-state index in [-0.39, 0.29) is 6.10 Å². The summed E-state index contributed by atoms with van der Waals surface area (Å²) in [4.78, 5) is 2.23. The second-order valence-electron chi connectivity index (χ2n) is 4.86. The standard InChI is InChI=1S/C13H17N3O2/c1-9-2-3-12(18-9)13-10(6-14-15-13)7-16-5-4-11(17)8-16/h2-3,6,11,17H,4-5,7-8H2,1H3,(H,14,15)/t11-/m1/s1. The van der Waals surface area contributed by atoms with Crippen LogP contribution in [0.2, 0.25) is 0 Å². The van der Waals surface area contributed by atoms with E-state index in [1.807, 2.05) is 25.3 Å². The first-order valence-electron chi connectivity index (χ1n) is 6.22. The minimum Gasteiger partial charge on any atom is -0.460 e. The van der Waals surface area contributed by atoms with Crippen LogP contribution in [0.4, 0.5) is 0 Å². The first-order valence-corrected chi connectivity index (χ1v) is 6.22. The Morgan fingerprint density at radius 3 is 3.11 bits per heavy atom. The van der Waals surface area contributed by atoms with Crippen LogP contribution < -0.4 is 0 Å². The highest BCUT2D eigenvalue weighted by Gasteiger charge is 2.22. The normalized spacial score (nSPS) is 20.7. The van der Waals surface area contributed by atoms with Gasteiger partial charge >= 0.3 is 0 Å². The second kappa shape index (κ2) is 4.59. The van der Waals surface area contributed by atoms with E-state index in [1.54, 1.807) is 0 Å². The molecule has 5 heteroatoms.